The van der Waals surface area contributed by atoms with E-state index in [0.29, 0.717) is 6.54 Å². The number of halogens is 1. The molecule has 108 valence electrons. The van der Waals surface area contributed by atoms with Crippen LogP contribution in [0.4, 0.5) is 4.39 Å². The van der Waals surface area contributed by atoms with Crippen molar-refractivity contribution in [3.63, 3.8) is 0 Å². The van der Waals surface area contributed by atoms with Gasteiger partial charge >= 0.3 is 5.97 Å². The second-order valence-electron chi connectivity index (χ2n) is 4.39. The molecule has 1 aromatic heterocycles. The zero-order valence-corrected chi connectivity index (χ0v) is 10.8. The highest BCUT2D eigenvalue weighted by molar-refractivity contribution is 6.37. The Morgan fingerprint density at radius 1 is 1.19 bits per heavy atom. The number of carbonyl (C=O) groups excluding carboxylic acids is 2. The number of ketones is 2. The molecule has 0 bridgehead atoms. The third-order valence-electron chi connectivity index (χ3n) is 2.76. The number of aliphatic carboxylic acids is 1. The van der Waals surface area contributed by atoms with Crippen LogP contribution in [0.1, 0.15) is 22.5 Å². The van der Waals surface area contributed by atoms with Crippen molar-refractivity contribution in [1.29, 1.82) is 0 Å². The van der Waals surface area contributed by atoms with Gasteiger partial charge in [-0.25, -0.2) is 14.2 Å². The second-order valence-corrected chi connectivity index (χ2v) is 4.39. The molecule has 1 aromatic carbocycles. The van der Waals surface area contributed by atoms with Crippen molar-refractivity contribution in [2.45, 2.75) is 13.0 Å². The average Bonchev–Trinajstić information content (AvgIpc) is 2.90. The molecule has 0 aliphatic carbocycles. The molecule has 2 rings (SSSR count). The van der Waals surface area contributed by atoms with Crippen LogP contribution in [0, 0.1) is 5.82 Å². The number of Topliss-reactive ketones (excluding diaryl/α,β-unsaturated/α-hetero) is 2. The third-order valence-corrected chi connectivity index (χ3v) is 2.76. The lowest BCUT2D eigenvalue weighted by Crippen LogP contribution is -2.17. The molecule has 0 amide bonds. The van der Waals surface area contributed by atoms with Crippen LogP contribution in [0.3, 0.4) is 0 Å². The number of imidazole rings is 1. The average molecular weight is 290 g/mol. The van der Waals surface area contributed by atoms with E-state index in [4.69, 9.17) is 5.11 Å². The molecule has 0 radical (unpaired) electrons. The summed E-state index contributed by atoms with van der Waals surface area (Å²) in [7, 11) is 0. The summed E-state index contributed by atoms with van der Waals surface area (Å²) in [6.45, 7) is 0.382. The van der Waals surface area contributed by atoms with Gasteiger partial charge in [0.1, 0.15) is 11.5 Å². The van der Waals surface area contributed by atoms with Crippen LogP contribution in [0.15, 0.2) is 36.8 Å². The van der Waals surface area contributed by atoms with E-state index in [9.17, 15) is 18.8 Å². The van der Waals surface area contributed by atoms with Crippen molar-refractivity contribution < 1.29 is 23.9 Å². The Bertz CT molecular complexity index is 691. The summed E-state index contributed by atoms with van der Waals surface area (Å²) in [5.41, 5.74) is 0.834. The van der Waals surface area contributed by atoms with Gasteiger partial charge in [0.25, 0.3) is 0 Å². The zero-order chi connectivity index (χ0) is 15.4. The lowest BCUT2D eigenvalue weighted by atomic mass is 10.1. The number of rotatable bonds is 6. The lowest BCUT2D eigenvalue weighted by molar-refractivity contribution is -0.148. The van der Waals surface area contributed by atoms with Crippen LogP contribution >= 0.6 is 0 Å². The Kier molecular flexibility index (Phi) is 4.22. The van der Waals surface area contributed by atoms with Crippen molar-refractivity contribution in [2.24, 2.45) is 0 Å². The minimum absolute atomic E-state index is 0.0201. The molecule has 0 saturated heterocycles. The molecule has 2 aromatic rings. The van der Waals surface area contributed by atoms with Crippen LogP contribution < -0.4 is 0 Å². The number of benzene rings is 1. The Morgan fingerprint density at radius 2 is 1.86 bits per heavy atom. The molecule has 6 nitrogen and oxygen atoms in total. The first-order valence-electron chi connectivity index (χ1n) is 6.01. The molecule has 1 heterocycles. The van der Waals surface area contributed by atoms with Crippen molar-refractivity contribution in [2.75, 3.05) is 0 Å². The highest BCUT2D eigenvalue weighted by Gasteiger charge is 2.19. The van der Waals surface area contributed by atoms with Gasteiger partial charge in [0.15, 0.2) is 5.78 Å². The monoisotopic (exact) mass is 290 g/mol. The van der Waals surface area contributed by atoms with Crippen molar-refractivity contribution in [3.8, 4) is 0 Å². The second kappa shape index (κ2) is 6.08. The summed E-state index contributed by atoms with van der Waals surface area (Å²) < 4.78 is 14.4. The summed E-state index contributed by atoms with van der Waals surface area (Å²) >= 11 is 0. The smallest absolute Gasteiger partial charge is 0.372 e. The first-order valence-corrected chi connectivity index (χ1v) is 6.01. The fourth-order valence-corrected chi connectivity index (χ4v) is 1.70. The van der Waals surface area contributed by atoms with Crippen LogP contribution in [0.2, 0.25) is 0 Å². The summed E-state index contributed by atoms with van der Waals surface area (Å²) in [6, 6.07) is 5.85. The molecule has 0 unspecified atom stereocenters. The largest absolute Gasteiger partial charge is 0.475 e. The van der Waals surface area contributed by atoms with Crippen LogP contribution in [0.5, 0.6) is 0 Å². The van der Waals surface area contributed by atoms with Gasteiger partial charge in [-0.3, -0.25) is 9.59 Å². The standard InChI is InChI=1S/C14H11FN2O4/c15-10-3-1-9(2-4-10)6-17-7-11(16-8-17)12(18)5-13(19)14(20)21/h1-4,7-8H,5-6H2,(H,20,21). The normalized spacial score (nSPS) is 10.3. The first-order chi connectivity index (χ1) is 9.95. The van der Waals surface area contributed by atoms with Gasteiger partial charge in [-0.2, -0.15) is 0 Å². The van der Waals surface area contributed by atoms with E-state index < -0.39 is 24.0 Å². The molecule has 0 spiro atoms. The summed E-state index contributed by atoms with van der Waals surface area (Å²) in [5.74, 6) is -3.81. The van der Waals surface area contributed by atoms with Gasteiger partial charge in [0.2, 0.25) is 5.78 Å². The number of hydrogen-bond acceptors (Lipinski definition) is 4. The number of carboxylic acids is 1. The van der Waals surface area contributed by atoms with Crippen molar-refractivity contribution >= 4 is 17.5 Å². The molecule has 0 fully saturated rings. The van der Waals surface area contributed by atoms with Crippen molar-refractivity contribution in [3.05, 3.63) is 53.9 Å². The molecule has 0 aliphatic rings. The van der Waals surface area contributed by atoms with Gasteiger partial charge in [-0.15, -0.1) is 0 Å². The number of hydrogen-bond donors (Lipinski definition) is 1. The molecular weight excluding hydrogens is 279 g/mol. The van der Waals surface area contributed by atoms with Gasteiger partial charge in [-0.05, 0) is 17.7 Å². The van der Waals surface area contributed by atoms with E-state index in [0.717, 1.165) is 5.56 Å². The Labute approximate surface area is 118 Å². The fourth-order valence-electron chi connectivity index (χ4n) is 1.70. The van der Waals surface area contributed by atoms with E-state index in [2.05, 4.69) is 4.98 Å². The zero-order valence-electron chi connectivity index (χ0n) is 10.8. The summed E-state index contributed by atoms with van der Waals surface area (Å²) in [4.78, 5) is 36.8. The minimum atomic E-state index is -1.64. The topological polar surface area (TPSA) is 89.3 Å². The van der Waals surface area contributed by atoms with Gasteiger partial charge < -0.3 is 9.67 Å². The quantitative estimate of drug-likeness (QED) is 0.492. The van der Waals surface area contributed by atoms with Gasteiger partial charge in [-0.1, -0.05) is 12.1 Å². The van der Waals surface area contributed by atoms with Gasteiger partial charge in [0.05, 0.1) is 12.7 Å². The summed E-state index contributed by atoms with van der Waals surface area (Å²) in [6.07, 6.45) is 2.09. The Hall–Kier alpha value is -2.83. The Balaban J connectivity index is 2.04. The highest BCUT2D eigenvalue weighted by Crippen LogP contribution is 2.07. The van der Waals surface area contributed by atoms with E-state index in [-0.39, 0.29) is 11.5 Å². The highest BCUT2D eigenvalue weighted by atomic mass is 19.1. The van der Waals surface area contributed by atoms with E-state index >= 15 is 0 Å². The molecule has 0 atom stereocenters. The molecule has 0 saturated carbocycles. The number of carboxylic acid groups (broad SMARTS) is 1. The van der Waals surface area contributed by atoms with Crippen LogP contribution in [-0.2, 0) is 16.1 Å². The molecule has 21 heavy (non-hydrogen) atoms. The molecule has 1 N–H and O–H groups in total. The SMILES string of the molecule is O=C(O)C(=O)CC(=O)c1cn(Cc2ccc(F)cc2)cn1. The van der Waals surface area contributed by atoms with Crippen LogP contribution in [0.25, 0.3) is 0 Å². The number of nitrogens with zero attached hydrogens (tertiary/aromatic N) is 2. The summed E-state index contributed by atoms with van der Waals surface area (Å²) in [5, 5.41) is 8.44. The van der Waals surface area contributed by atoms with E-state index in [1.165, 1.54) is 24.7 Å². The predicted octanol–water partition coefficient (Wildman–Crippen LogP) is 1.30. The Morgan fingerprint density at radius 3 is 2.48 bits per heavy atom. The van der Waals surface area contributed by atoms with Crippen molar-refractivity contribution in [1.82, 2.24) is 9.55 Å². The molecular formula is C14H11FN2O4. The third kappa shape index (κ3) is 3.82. The maximum absolute atomic E-state index is 12.8. The van der Waals surface area contributed by atoms with Gasteiger partial charge in [0, 0.05) is 12.7 Å². The maximum Gasteiger partial charge on any atom is 0.372 e. The van der Waals surface area contributed by atoms with E-state index in [1.54, 1.807) is 16.7 Å². The fraction of sp³-hybridized carbons (Fsp3) is 0.143. The first kappa shape index (κ1) is 14.6. The predicted molar refractivity (Wildman–Crippen MR) is 69.3 cm³/mol. The molecule has 7 heteroatoms. The minimum Gasteiger partial charge on any atom is -0.475 e. The number of aromatic nitrogens is 2. The van der Waals surface area contributed by atoms with E-state index in [1.807, 2.05) is 0 Å². The molecule has 0 aliphatic heterocycles. The van der Waals surface area contributed by atoms with Crippen LogP contribution in [-0.4, -0.2) is 32.2 Å². The maximum atomic E-state index is 12.8. The lowest BCUT2D eigenvalue weighted by Gasteiger charge is -2.01. The number of carbonyl (C=O) groups is 3.